The number of hydrazone groups is 1. The van der Waals surface area contributed by atoms with E-state index < -0.39 is 6.09 Å². The maximum atomic E-state index is 12.0. The number of hydrogen-bond donors (Lipinski definition) is 2. The van der Waals surface area contributed by atoms with Gasteiger partial charge in [0.05, 0.1) is 24.2 Å². The zero-order valence-electron chi connectivity index (χ0n) is 15.0. The number of halogens is 1. The van der Waals surface area contributed by atoms with Gasteiger partial charge in [-0.3, -0.25) is 4.79 Å². The van der Waals surface area contributed by atoms with E-state index in [-0.39, 0.29) is 18.9 Å². The van der Waals surface area contributed by atoms with Gasteiger partial charge in [-0.05, 0) is 36.8 Å². The predicted molar refractivity (Wildman–Crippen MR) is 104 cm³/mol. The summed E-state index contributed by atoms with van der Waals surface area (Å²) in [6, 6.07) is 14.0. The van der Waals surface area contributed by atoms with Gasteiger partial charge >= 0.3 is 6.09 Å². The van der Waals surface area contributed by atoms with Crippen LogP contribution in [0.5, 0.6) is 5.75 Å². The molecule has 7 nitrogen and oxygen atoms in total. The SMILES string of the molecule is COc1ccc(COC(=O)NN=C(C)CC(=O)Nc2ccccc2Cl)cc1. The molecule has 0 aromatic heterocycles. The van der Waals surface area contributed by atoms with Gasteiger partial charge in [0.1, 0.15) is 12.4 Å². The van der Waals surface area contributed by atoms with Gasteiger partial charge in [-0.25, -0.2) is 10.2 Å². The van der Waals surface area contributed by atoms with Crippen LogP contribution >= 0.6 is 11.6 Å². The van der Waals surface area contributed by atoms with Crippen molar-refractivity contribution in [3.8, 4) is 5.75 Å². The average Bonchev–Trinajstić information content (AvgIpc) is 2.67. The summed E-state index contributed by atoms with van der Waals surface area (Å²) in [6.07, 6.45) is -0.707. The Bertz CT molecular complexity index is 822. The van der Waals surface area contributed by atoms with Crippen LogP contribution in [0.2, 0.25) is 5.02 Å². The third-order valence-corrected chi connectivity index (χ3v) is 3.76. The van der Waals surface area contributed by atoms with Crippen LogP contribution in [-0.4, -0.2) is 24.8 Å². The van der Waals surface area contributed by atoms with Gasteiger partial charge in [-0.15, -0.1) is 0 Å². The minimum atomic E-state index is -0.711. The standard InChI is InChI=1S/C19H20ClN3O4/c1-13(11-18(24)21-17-6-4-3-5-16(17)20)22-23-19(25)27-12-14-7-9-15(26-2)10-8-14/h3-10H,11-12H2,1-2H3,(H,21,24)(H,23,25). The highest BCUT2D eigenvalue weighted by molar-refractivity contribution is 6.33. The lowest BCUT2D eigenvalue weighted by molar-refractivity contribution is -0.115. The molecule has 0 bridgehead atoms. The summed E-state index contributed by atoms with van der Waals surface area (Å²) in [7, 11) is 1.58. The number of carbonyl (C=O) groups is 2. The van der Waals surface area contributed by atoms with Crippen LogP contribution in [0, 0.1) is 0 Å². The van der Waals surface area contributed by atoms with E-state index in [0.29, 0.717) is 16.4 Å². The molecule has 2 N–H and O–H groups in total. The van der Waals surface area contributed by atoms with Gasteiger partial charge in [0, 0.05) is 5.71 Å². The summed E-state index contributed by atoms with van der Waals surface area (Å²) in [6.45, 7) is 1.72. The number of amides is 2. The highest BCUT2D eigenvalue weighted by Gasteiger charge is 2.08. The monoisotopic (exact) mass is 389 g/mol. The molecule has 8 heteroatoms. The summed E-state index contributed by atoms with van der Waals surface area (Å²) < 4.78 is 10.1. The highest BCUT2D eigenvalue weighted by Crippen LogP contribution is 2.20. The highest BCUT2D eigenvalue weighted by atomic mass is 35.5. The van der Waals surface area contributed by atoms with Crippen LogP contribution in [-0.2, 0) is 16.1 Å². The Morgan fingerprint density at radius 3 is 2.48 bits per heavy atom. The first-order valence-electron chi connectivity index (χ1n) is 8.11. The van der Waals surface area contributed by atoms with E-state index >= 15 is 0 Å². The van der Waals surface area contributed by atoms with E-state index in [1.807, 2.05) is 0 Å². The fraction of sp³-hybridized carbons (Fsp3) is 0.211. The molecule has 0 saturated heterocycles. The molecule has 2 amide bonds. The van der Waals surface area contributed by atoms with E-state index in [0.717, 1.165) is 11.3 Å². The van der Waals surface area contributed by atoms with Crippen LogP contribution < -0.4 is 15.5 Å². The van der Waals surface area contributed by atoms with E-state index in [4.69, 9.17) is 21.1 Å². The predicted octanol–water partition coefficient (Wildman–Crippen LogP) is 3.98. The molecule has 142 valence electrons. The van der Waals surface area contributed by atoms with Gasteiger partial charge in [-0.2, -0.15) is 5.10 Å². The number of methoxy groups -OCH3 is 1. The number of nitrogens with zero attached hydrogens (tertiary/aromatic N) is 1. The number of para-hydroxylation sites is 1. The second-order valence-corrected chi connectivity index (χ2v) is 6.00. The van der Waals surface area contributed by atoms with E-state index in [1.165, 1.54) is 0 Å². The number of carbonyl (C=O) groups excluding carboxylic acids is 2. The largest absolute Gasteiger partial charge is 0.497 e. The zero-order chi connectivity index (χ0) is 19.6. The quantitative estimate of drug-likeness (QED) is 0.553. The van der Waals surface area contributed by atoms with Crippen molar-refractivity contribution in [3.63, 3.8) is 0 Å². The van der Waals surface area contributed by atoms with Gasteiger partial charge in [0.25, 0.3) is 0 Å². The number of anilines is 1. The Hall–Kier alpha value is -3.06. The molecule has 0 unspecified atom stereocenters. The second-order valence-electron chi connectivity index (χ2n) is 5.59. The minimum absolute atomic E-state index is 0.00395. The lowest BCUT2D eigenvalue weighted by Crippen LogP contribution is -2.22. The lowest BCUT2D eigenvalue weighted by atomic mass is 10.2. The zero-order valence-corrected chi connectivity index (χ0v) is 15.7. The van der Waals surface area contributed by atoms with Gasteiger partial charge in [0.2, 0.25) is 5.91 Å². The van der Waals surface area contributed by atoms with Crippen molar-refractivity contribution in [2.75, 3.05) is 12.4 Å². The summed E-state index contributed by atoms with van der Waals surface area (Å²) in [4.78, 5) is 23.7. The molecular weight excluding hydrogens is 370 g/mol. The number of rotatable bonds is 7. The first kappa shape index (κ1) is 20.3. The molecule has 2 rings (SSSR count). The van der Waals surface area contributed by atoms with E-state index in [9.17, 15) is 9.59 Å². The summed E-state index contributed by atoms with van der Waals surface area (Å²) in [5.41, 5.74) is 4.00. The average molecular weight is 390 g/mol. The summed E-state index contributed by atoms with van der Waals surface area (Å²) in [5, 5.41) is 6.97. The van der Waals surface area contributed by atoms with Crippen molar-refractivity contribution in [1.29, 1.82) is 0 Å². The van der Waals surface area contributed by atoms with Crippen LogP contribution in [0.3, 0.4) is 0 Å². The number of hydrogen-bond acceptors (Lipinski definition) is 5. The number of nitrogens with one attached hydrogen (secondary N) is 2. The molecule has 0 spiro atoms. The third kappa shape index (κ3) is 6.99. The smallest absolute Gasteiger partial charge is 0.428 e. The topological polar surface area (TPSA) is 89.0 Å². The summed E-state index contributed by atoms with van der Waals surface area (Å²) >= 11 is 5.98. The molecule has 0 heterocycles. The molecule has 0 aliphatic heterocycles. The molecule has 2 aromatic carbocycles. The normalized spacial score (nSPS) is 10.9. The van der Waals surface area contributed by atoms with Gasteiger partial charge in [0.15, 0.2) is 0 Å². The maximum Gasteiger partial charge on any atom is 0.428 e. The van der Waals surface area contributed by atoms with Crippen molar-refractivity contribution >= 4 is 35.0 Å². The number of ether oxygens (including phenoxy) is 2. The summed E-state index contributed by atoms with van der Waals surface area (Å²) in [5.74, 6) is 0.427. The molecule has 0 aliphatic rings. The molecule has 0 radical (unpaired) electrons. The molecule has 0 aliphatic carbocycles. The Morgan fingerprint density at radius 1 is 1.11 bits per heavy atom. The molecule has 0 fully saturated rings. The van der Waals surface area contributed by atoms with Gasteiger partial charge in [-0.1, -0.05) is 35.9 Å². The second kappa shape index (κ2) is 10.2. The molecule has 0 saturated carbocycles. The van der Waals surface area contributed by atoms with Crippen molar-refractivity contribution in [2.24, 2.45) is 5.10 Å². The van der Waals surface area contributed by atoms with Crippen LogP contribution in [0.1, 0.15) is 18.9 Å². The third-order valence-electron chi connectivity index (χ3n) is 3.43. The van der Waals surface area contributed by atoms with Crippen LogP contribution in [0.15, 0.2) is 53.6 Å². The fourth-order valence-electron chi connectivity index (χ4n) is 2.07. The first-order chi connectivity index (χ1) is 13.0. The molecule has 0 atom stereocenters. The lowest BCUT2D eigenvalue weighted by Gasteiger charge is -2.07. The van der Waals surface area contributed by atoms with Gasteiger partial charge < -0.3 is 14.8 Å². The Balaban J connectivity index is 1.75. The van der Waals surface area contributed by atoms with Crippen LogP contribution in [0.4, 0.5) is 10.5 Å². The van der Waals surface area contributed by atoms with Crippen LogP contribution in [0.25, 0.3) is 0 Å². The molecule has 27 heavy (non-hydrogen) atoms. The van der Waals surface area contributed by atoms with E-state index in [1.54, 1.807) is 62.6 Å². The Morgan fingerprint density at radius 2 is 1.81 bits per heavy atom. The fourth-order valence-corrected chi connectivity index (χ4v) is 2.26. The van der Waals surface area contributed by atoms with E-state index in [2.05, 4.69) is 15.8 Å². The van der Waals surface area contributed by atoms with Crippen molar-refractivity contribution in [3.05, 3.63) is 59.1 Å². The van der Waals surface area contributed by atoms with Crippen molar-refractivity contribution in [1.82, 2.24) is 5.43 Å². The number of benzene rings is 2. The van der Waals surface area contributed by atoms with Crippen molar-refractivity contribution < 1.29 is 19.1 Å². The maximum absolute atomic E-state index is 12.0. The minimum Gasteiger partial charge on any atom is -0.497 e. The Kier molecular flexibility index (Phi) is 7.63. The first-order valence-corrected chi connectivity index (χ1v) is 8.49. The van der Waals surface area contributed by atoms with Crippen molar-refractivity contribution in [2.45, 2.75) is 20.0 Å². The molecular formula is C19H20ClN3O4. The molecule has 2 aromatic rings. The Labute approximate surface area is 162 Å².